The summed E-state index contributed by atoms with van der Waals surface area (Å²) in [5.41, 5.74) is 2.68. The average molecular weight is 339 g/mol. The molecular formula is C19H21N3O3. The van der Waals surface area contributed by atoms with Crippen LogP contribution in [0.2, 0.25) is 0 Å². The molecule has 0 unspecified atom stereocenters. The lowest BCUT2D eigenvalue weighted by molar-refractivity contribution is -0.116. The second-order valence-electron chi connectivity index (χ2n) is 5.92. The van der Waals surface area contributed by atoms with Crippen LogP contribution < -0.4 is 9.64 Å². The lowest BCUT2D eigenvalue weighted by Crippen LogP contribution is -2.23. The molecule has 1 atom stereocenters. The summed E-state index contributed by atoms with van der Waals surface area (Å²) < 4.78 is 7.55. The van der Waals surface area contributed by atoms with Crippen LogP contribution in [0.1, 0.15) is 6.92 Å². The number of anilines is 1. The first-order valence-corrected chi connectivity index (χ1v) is 8.09. The second kappa shape index (κ2) is 7.36. The fourth-order valence-electron chi connectivity index (χ4n) is 2.58. The molecule has 0 spiro atoms. The Morgan fingerprint density at radius 2 is 1.96 bits per heavy atom. The van der Waals surface area contributed by atoms with E-state index in [9.17, 15) is 9.90 Å². The number of para-hydroxylation sites is 2. The van der Waals surface area contributed by atoms with Crippen LogP contribution in [0.25, 0.3) is 11.0 Å². The number of ether oxygens (including phenoxy) is 1. The summed E-state index contributed by atoms with van der Waals surface area (Å²) in [6, 6.07) is 15.0. The molecule has 0 saturated heterocycles. The molecule has 25 heavy (non-hydrogen) atoms. The number of hydrogen-bond donors (Lipinski definition) is 1. The number of aliphatic hydroxyl groups is 1. The van der Waals surface area contributed by atoms with E-state index in [4.69, 9.17) is 4.74 Å². The molecular weight excluding hydrogens is 318 g/mol. The highest BCUT2D eigenvalue weighted by atomic mass is 16.5. The lowest BCUT2D eigenvalue weighted by Gasteiger charge is -2.16. The van der Waals surface area contributed by atoms with Crippen LogP contribution in [0.4, 0.5) is 5.69 Å². The van der Waals surface area contributed by atoms with E-state index in [0.717, 1.165) is 16.7 Å². The van der Waals surface area contributed by atoms with E-state index < -0.39 is 6.10 Å². The van der Waals surface area contributed by atoms with Gasteiger partial charge < -0.3 is 19.3 Å². The molecule has 1 amide bonds. The Balaban J connectivity index is 1.57. The van der Waals surface area contributed by atoms with Crippen molar-refractivity contribution >= 4 is 22.6 Å². The van der Waals surface area contributed by atoms with Gasteiger partial charge in [-0.25, -0.2) is 4.98 Å². The molecule has 1 heterocycles. The predicted octanol–water partition coefficient (Wildman–Crippen LogP) is 2.46. The van der Waals surface area contributed by atoms with Gasteiger partial charge in [0.15, 0.2) is 0 Å². The number of imidazole rings is 1. The standard InChI is InChI=1S/C19H21N3O3/c1-14(23)21(2)15-7-9-17(10-8-15)25-12-16(24)11-22-13-20-18-5-3-4-6-19(18)22/h3-10,13,16,24H,11-12H2,1-2H3/t16-/m0/s1. The summed E-state index contributed by atoms with van der Waals surface area (Å²) in [5, 5.41) is 10.2. The van der Waals surface area contributed by atoms with Gasteiger partial charge in [-0.05, 0) is 36.4 Å². The van der Waals surface area contributed by atoms with Crippen molar-refractivity contribution in [3.8, 4) is 5.75 Å². The van der Waals surface area contributed by atoms with E-state index in [-0.39, 0.29) is 12.5 Å². The van der Waals surface area contributed by atoms with E-state index in [0.29, 0.717) is 12.3 Å². The zero-order valence-electron chi connectivity index (χ0n) is 14.3. The molecule has 0 aliphatic heterocycles. The Labute approximate surface area is 146 Å². The summed E-state index contributed by atoms with van der Waals surface area (Å²) in [5.74, 6) is 0.617. The number of rotatable bonds is 6. The van der Waals surface area contributed by atoms with Crippen LogP contribution >= 0.6 is 0 Å². The zero-order chi connectivity index (χ0) is 17.8. The molecule has 1 aromatic heterocycles. The first kappa shape index (κ1) is 17.0. The number of aliphatic hydroxyl groups excluding tert-OH is 1. The monoisotopic (exact) mass is 339 g/mol. The Hall–Kier alpha value is -2.86. The highest BCUT2D eigenvalue weighted by Crippen LogP contribution is 2.19. The van der Waals surface area contributed by atoms with Gasteiger partial charge >= 0.3 is 0 Å². The average Bonchev–Trinajstić information content (AvgIpc) is 3.03. The molecule has 1 N–H and O–H groups in total. The van der Waals surface area contributed by atoms with Gasteiger partial charge in [0.1, 0.15) is 18.5 Å². The van der Waals surface area contributed by atoms with E-state index in [2.05, 4.69) is 4.98 Å². The van der Waals surface area contributed by atoms with E-state index >= 15 is 0 Å². The highest BCUT2D eigenvalue weighted by molar-refractivity contribution is 5.90. The van der Waals surface area contributed by atoms with Gasteiger partial charge in [0.25, 0.3) is 0 Å². The minimum absolute atomic E-state index is 0.0309. The van der Waals surface area contributed by atoms with Gasteiger partial charge in [-0.2, -0.15) is 0 Å². The molecule has 0 bridgehead atoms. The number of carbonyl (C=O) groups excluding carboxylic acids is 1. The Bertz CT molecular complexity index is 858. The third-order valence-corrected chi connectivity index (χ3v) is 4.07. The Kier molecular flexibility index (Phi) is 5.00. The number of hydrogen-bond acceptors (Lipinski definition) is 4. The van der Waals surface area contributed by atoms with Crippen molar-refractivity contribution in [3.05, 3.63) is 54.9 Å². The van der Waals surface area contributed by atoms with Gasteiger partial charge in [-0.3, -0.25) is 4.79 Å². The first-order valence-electron chi connectivity index (χ1n) is 8.09. The van der Waals surface area contributed by atoms with Crippen LogP contribution in [0, 0.1) is 0 Å². The smallest absolute Gasteiger partial charge is 0.223 e. The minimum atomic E-state index is -0.655. The fraction of sp³-hybridized carbons (Fsp3) is 0.263. The van der Waals surface area contributed by atoms with Crippen molar-refractivity contribution in [1.82, 2.24) is 9.55 Å². The molecule has 6 nitrogen and oxygen atoms in total. The van der Waals surface area contributed by atoms with Gasteiger partial charge in [0.05, 0.1) is 23.9 Å². The van der Waals surface area contributed by atoms with Crippen LogP contribution in [0.3, 0.4) is 0 Å². The van der Waals surface area contributed by atoms with Gasteiger partial charge in [0.2, 0.25) is 5.91 Å². The molecule has 0 saturated carbocycles. The third-order valence-electron chi connectivity index (χ3n) is 4.07. The van der Waals surface area contributed by atoms with Gasteiger partial charge in [-0.15, -0.1) is 0 Å². The summed E-state index contributed by atoms with van der Waals surface area (Å²) in [4.78, 5) is 17.2. The van der Waals surface area contributed by atoms with Crippen LogP contribution in [-0.4, -0.2) is 40.3 Å². The molecule has 3 rings (SSSR count). The number of carbonyl (C=O) groups is 1. The van der Waals surface area contributed by atoms with Gasteiger partial charge in [0, 0.05) is 19.7 Å². The molecule has 0 fully saturated rings. The van der Waals surface area contributed by atoms with E-state index in [1.807, 2.05) is 41.0 Å². The number of benzene rings is 2. The number of nitrogens with zero attached hydrogens (tertiary/aromatic N) is 3. The van der Waals surface area contributed by atoms with Crippen LogP contribution in [0.15, 0.2) is 54.9 Å². The molecule has 0 aliphatic rings. The maximum absolute atomic E-state index is 11.3. The molecule has 130 valence electrons. The first-order chi connectivity index (χ1) is 12.0. The van der Waals surface area contributed by atoms with Gasteiger partial charge in [-0.1, -0.05) is 12.1 Å². The van der Waals surface area contributed by atoms with Crippen molar-refractivity contribution in [1.29, 1.82) is 0 Å². The van der Waals surface area contributed by atoms with Crippen molar-refractivity contribution in [2.75, 3.05) is 18.6 Å². The molecule has 6 heteroatoms. The Morgan fingerprint density at radius 1 is 1.24 bits per heavy atom. The second-order valence-corrected chi connectivity index (χ2v) is 5.92. The highest BCUT2D eigenvalue weighted by Gasteiger charge is 2.10. The number of fused-ring (bicyclic) bond motifs is 1. The molecule has 0 radical (unpaired) electrons. The molecule has 2 aromatic carbocycles. The quantitative estimate of drug-likeness (QED) is 0.749. The summed E-state index contributed by atoms with van der Waals surface area (Å²) in [6.45, 7) is 2.10. The summed E-state index contributed by atoms with van der Waals surface area (Å²) in [7, 11) is 1.72. The van der Waals surface area contributed by atoms with Crippen molar-refractivity contribution in [3.63, 3.8) is 0 Å². The lowest BCUT2D eigenvalue weighted by atomic mass is 10.2. The van der Waals surface area contributed by atoms with E-state index in [1.165, 1.54) is 6.92 Å². The van der Waals surface area contributed by atoms with Crippen molar-refractivity contribution in [2.45, 2.75) is 19.6 Å². The van der Waals surface area contributed by atoms with Crippen LogP contribution in [-0.2, 0) is 11.3 Å². The fourth-order valence-corrected chi connectivity index (χ4v) is 2.58. The largest absolute Gasteiger partial charge is 0.491 e. The molecule has 3 aromatic rings. The maximum atomic E-state index is 11.3. The number of aromatic nitrogens is 2. The summed E-state index contributed by atoms with van der Waals surface area (Å²) in [6.07, 6.45) is 1.07. The predicted molar refractivity (Wildman–Crippen MR) is 96.8 cm³/mol. The normalized spacial score (nSPS) is 12.1. The van der Waals surface area contributed by atoms with Crippen molar-refractivity contribution < 1.29 is 14.6 Å². The SMILES string of the molecule is CC(=O)N(C)c1ccc(OC[C@@H](O)Cn2cnc3ccccc32)cc1. The van der Waals surface area contributed by atoms with E-state index in [1.54, 1.807) is 30.4 Å². The summed E-state index contributed by atoms with van der Waals surface area (Å²) >= 11 is 0. The molecule has 0 aliphatic carbocycles. The zero-order valence-corrected chi connectivity index (χ0v) is 14.3. The minimum Gasteiger partial charge on any atom is -0.491 e. The number of amides is 1. The van der Waals surface area contributed by atoms with Crippen molar-refractivity contribution in [2.24, 2.45) is 0 Å². The third kappa shape index (κ3) is 3.97. The topological polar surface area (TPSA) is 67.6 Å². The van der Waals surface area contributed by atoms with Crippen LogP contribution in [0.5, 0.6) is 5.75 Å². The maximum Gasteiger partial charge on any atom is 0.223 e. The Morgan fingerprint density at radius 3 is 2.68 bits per heavy atom.